The number of nitrogens with zero attached hydrogens (tertiary/aromatic N) is 8. The first-order valence-corrected chi connectivity index (χ1v) is 18.1. The van der Waals surface area contributed by atoms with Crippen LogP contribution in [0.1, 0.15) is 28.8 Å². The minimum Gasteiger partial charge on any atom is -0.504 e. The quantitative estimate of drug-likeness (QED) is 0.178. The number of furan rings is 1. The summed E-state index contributed by atoms with van der Waals surface area (Å²) < 4.78 is 74.3. The molecule has 5 heterocycles. The fourth-order valence-electron chi connectivity index (χ4n) is 6.20. The summed E-state index contributed by atoms with van der Waals surface area (Å²) in [6.45, 7) is 3.44. The second kappa shape index (κ2) is 12.0. The van der Waals surface area contributed by atoms with Crippen molar-refractivity contribution in [3.8, 4) is 17.1 Å². The monoisotopic (exact) mass is 759 g/mol. The van der Waals surface area contributed by atoms with Gasteiger partial charge < -0.3 is 29.2 Å². The maximum atomic E-state index is 14.2. The number of aromatic hydroxyl groups is 1. The maximum Gasteiger partial charge on any atom is 0.310 e. The largest absolute Gasteiger partial charge is 0.504 e. The molecule has 1 aliphatic rings. The summed E-state index contributed by atoms with van der Waals surface area (Å²) in [4.78, 5) is 54.5. The van der Waals surface area contributed by atoms with Crippen LogP contribution >= 0.6 is 10.2 Å². The van der Waals surface area contributed by atoms with E-state index in [0.29, 0.717) is 16.8 Å². The third-order valence-electron chi connectivity index (χ3n) is 8.85. The summed E-state index contributed by atoms with van der Waals surface area (Å²) >= 11 is 0. The van der Waals surface area contributed by atoms with E-state index in [2.05, 4.69) is 25.4 Å². The topological polar surface area (TPSA) is 164 Å². The van der Waals surface area contributed by atoms with Crippen molar-refractivity contribution in [3.63, 3.8) is 0 Å². The number of aryl methyl sites for hydroxylation is 1. The van der Waals surface area contributed by atoms with Gasteiger partial charge in [0.15, 0.2) is 17.3 Å². The van der Waals surface area contributed by atoms with Crippen LogP contribution in [0.5, 0.6) is 5.75 Å². The molecule has 0 saturated carbocycles. The molecule has 6 aromatic rings. The number of nitrogens with one attached hydrogen (secondary N) is 1. The third-order valence-corrected chi connectivity index (χ3v) is 10.0. The van der Waals surface area contributed by atoms with Gasteiger partial charge in [0.2, 0.25) is 11.7 Å². The average molecular weight is 760 g/mol. The summed E-state index contributed by atoms with van der Waals surface area (Å²) in [5.41, 5.74) is 1.08. The Bertz CT molecular complexity index is 2500. The molecule has 1 aliphatic heterocycles. The van der Waals surface area contributed by atoms with E-state index in [1.165, 1.54) is 29.0 Å². The molecule has 2 amide bonds. The van der Waals surface area contributed by atoms with Gasteiger partial charge >= 0.3 is 10.2 Å². The molecular formula is C33H30F5N9O5S. The number of carbonyl (C=O) groups excluding carboxylic acids is 2. The Morgan fingerprint density at radius 1 is 0.981 bits per heavy atom. The van der Waals surface area contributed by atoms with Crippen LogP contribution in [0.25, 0.3) is 28.1 Å². The van der Waals surface area contributed by atoms with E-state index in [0.717, 1.165) is 22.0 Å². The number of piperazine rings is 1. The molecule has 0 spiro atoms. The molecular weight excluding hydrogens is 729 g/mol. The lowest BCUT2D eigenvalue weighted by Gasteiger charge is -2.40. The number of halogens is 5. The number of carbonyl (C=O) groups is 2. The summed E-state index contributed by atoms with van der Waals surface area (Å²) in [7, 11) is -9.93. The van der Waals surface area contributed by atoms with Gasteiger partial charge in [-0.25, -0.2) is 9.97 Å². The Balaban J connectivity index is 1.25. The molecule has 20 heteroatoms. The molecule has 0 aliphatic carbocycles. The van der Waals surface area contributed by atoms with Gasteiger partial charge in [0.25, 0.3) is 11.5 Å². The molecule has 0 bridgehead atoms. The number of hydrogen-bond donors (Lipinski definition) is 2. The standard InChI is InChI=1S/C33H30F5N9O5S/c1-3-24-28(44-11-13-45(14-12-44)31(50)27-29(49)19(2)39-18-40-27)32(51)47-33(42-30(43-47)21-4-9-25-20(16-21)10-15-52-25)46(24)17-26(48)41-22-5-7-23(8-6-22)53(34,35,36,37)38/h4-10,15-16,18,49H,3,11-14,17H2,1-2H3,(H,41,48). The van der Waals surface area contributed by atoms with Crippen LogP contribution < -0.4 is 15.8 Å². The highest BCUT2D eigenvalue weighted by Gasteiger charge is 2.65. The van der Waals surface area contributed by atoms with Gasteiger partial charge in [-0.15, -0.1) is 5.10 Å². The molecule has 0 unspecified atom stereocenters. The van der Waals surface area contributed by atoms with Crippen molar-refractivity contribution in [2.24, 2.45) is 0 Å². The fraction of sp³-hybridized carbons (Fsp3) is 0.242. The van der Waals surface area contributed by atoms with Crippen molar-refractivity contribution < 1.29 is 38.5 Å². The van der Waals surface area contributed by atoms with Crippen molar-refractivity contribution in [2.45, 2.75) is 31.7 Å². The van der Waals surface area contributed by atoms with Crippen LogP contribution in [0.4, 0.5) is 30.8 Å². The second-order valence-electron chi connectivity index (χ2n) is 12.3. The minimum atomic E-state index is -9.93. The van der Waals surface area contributed by atoms with E-state index in [-0.39, 0.29) is 84.8 Å². The van der Waals surface area contributed by atoms with E-state index in [4.69, 9.17) is 4.42 Å². The van der Waals surface area contributed by atoms with Gasteiger partial charge in [-0.3, -0.25) is 14.4 Å². The first kappa shape index (κ1) is 35.4. The fourth-order valence-corrected chi connectivity index (χ4v) is 6.85. The first-order chi connectivity index (χ1) is 24.9. The molecule has 1 saturated heterocycles. The normalized spacial score (nSPS) is 15.1. The van der Waals surface area contributed by atoms with Gasteiger partial charge in [0, 0.05) is 42.8 Å². The van der Waals surface area contributed by atoms with Crippen LogP contribution in [0.2, 0.25) is 0 Å². The van der Waals surface area contributed by atoms with Crippen LogP contribution in [-0.4, -0.2) is 77.1 Å². The van der Waals surface area contributed by atoms with Crippen LogP contribution in [0, 0.1) is 6.92 Å². The zero-order valence-corrected chi connectivity index (χ0v) is 28.8. The van der Waals surface area contributed by atoms with E-state index < -0.39 is 39.0 Å². The zero-order chi connectivity index (χ0) is 37.9. The predicted octanol–water partition coefficient (Wildman–Crippen LogP) is 5.93. The van der Waals surface area contributed by atoms with E-state index in [1.807, 2.05) is 0 Å². The lowest BCUT2D eigenvalue weighted by Crippen LogP contribution is -2.51. The summed E-state index contributed by atoms with van der Waals surface area (Å²) in [5, 5.41) is 18.0. The molecule has 14 nitrogen and oxygen atoms in total. The maximum absolute atomic E-state index is 14.2. The highest BCUT2D eigenvalue weighted by atomic mass is 32.5. The van der Waals surface area contributed by atoms with Gasteiger partial charge in [-0.1, -0.05) is 26.4 Å². The van der Waals surface area contributed by atoms with Crippen molar-refractivity contribution in [2.75, 3.05) is 36.4 Å². The second-order valence-corrected chi connectivity index (χ2v) is 14.7. The predicted molar refractivity (Wildman–Crippen MR) is 185 cm³/mol. The Hall–Kier alpha value is -6.05. The molecule has 7 rings (SSSR count). The highest BCUT2D eigenvalue weighted by Crippen LogP contribution is 3.02. The van der Waals surface area contributed by atoms with Crippen LogP contribution in [0.15, 0.2) is 75.2 Å². The zero-order valence-electron chi connectivity index (χ0n) is 28.0. The van der Waals surface area contributed by atoms with Gasteiger partial charge in [-0.05, 0) is 61.9 Å². The van der Waals surface area contributed by atoms with Crippen molar-refractivity contribution in [1.29, 1.82) is 0 Å². The summed E-state index contributed by atoms with van der Waals surface area (Å²) in [6.07, 6.45) is 2.90. The number of hydrogen-bond acceptors (Lipinski definition) is 10. The molecule has 4 aromatic heterocycles. The van der Waals surface area contributed by atoms with Crippen LogP contribution in [-0.2, 0) is 17.8 Å². The average Bonchev–Trinajstić information content (AvgIpc) is 3.77. The SMILES string of the molecule is CCc1c(N2CCN(C(=O)c3ncnc(C)c3O)CC2)c(=O)n2nc(-c3ccc4occc4c3)nc2n1CC(=O)Nc1ccc(S(F)(F)(F)(F)F)cc1. The summed E-state index contributed by atoms with van der Waals surface area (Å²) in [6, 6.07) is 8.77. The van der Waals surface area contributed by atoms with Crippen molar-refractivity contribution in [3.05, 3.63) is 88.6 Å². The first-order valence-electron chi connectivity index (χ1n) is 16.1. The number of aromatic nitrogens is 6. The van der Waals surface area contributed by atoms with E-state index >= 15 is 0 Å². The van der Waals surface area contributed by atoms with Gasteiger partial charge in [-0.2, -0.15) is 9.50 Å². The molecule has 2 aromatic carbocycles. The molecule has 0 radical (unpaired) electrons. The number of fused-ring (bicyclic) bond motifs is 2. The third kappa shape index (κ3) is 6.72. The van der Waals surface area contributed by atoms with E-state index in [1.54, 1.807) is 36.1 Å². The number of benzene rings is 2. The lowest BCUT2D eigenvalue weighted by atomic mass is 10.1. The lowest BCUT2D eigenvalue weighted by molar-refractivity contribution is -0.116. The van der Waals surface area contributed by atoms with E-state index in [9.17, 15) is 38.9 Å². The van der Waals surface area contributed by atoms with Crippen molar-refractivity contribution >= 4 is 50.2 Å². The molecule has 53 heavy (non-hydrogen) atoms. The number of rotatable bonds is 8. The van der Waals surface area contributed by atoms with Crippen LogP contribution in [0.3, 0.4) is 0 Å². The van der Waals surface area contributed by atoms with Crippen molar-refractivity contribution in [1.82, 2.24) is 34.0 Å². The Labute approximate surface area is 296 Å². The molecule has 1 fully saturated rings. The summed E-state index contributed by atoms with van der Waals surface area (Å²) in [5.74, 6) is -1.45. The molecule has 0 atom stereocenters. The number of amides is 2. The number of anilines is 2. The van der Waals surface area contributed by atoms with Gasteiger partial charge in [0.05, 0.1) is 17.7 Å². The van der Waals surface area contributed by atoms with Gasteiger partial charge in [0.1, 0.15) is 29.0 Å². The smallest absolute Gasteiger partial charge is 0.310 e. The molecule has 278 valence electrons. The minimum absolute atomic E-state index is 0.00674. The Morgan fingerprint density at radius 3 is 2.38 bits per heavy atom. The Morgan fingerprint density at radius 2 is 1.70 bits per heavy atom. The highest BCUT2D eigenvalue weighted by molar-refractivity contribution is 8.45. The Kier molecular flexibility index (Phi) is 8.01. The molecule has 2 N–H and O–H groups in total.